The summed E-state index contributed by atoms with van der Waals surface area (Å²) in [7, 11) is 0. The molecule has 0 aliphatic rings. The summed E-state index contributed by atoms with van der Waals surface area (Å²) < 4.78 is 12.1. The minimum Gasteiger partial charge on any atom is -0.485 e. The third kappa shape index (κ3) is 4.87. The van der Waals surface area contributed by atoms with E-state index in [2.05, 4.69) is 6.92 Å². The number of nitrogens with two attached hydrogens (primary N) is 1. The first-order valence-electron chi connectivity index (χ1n) is 8.99. The maximum absolute atomic E-state index is 6.19. The van der Waals surface area contributed by atoms with E-state index in [0.717, 1.165) is 34.6 Å². The van der Waals surface area contributed by atoms with Crippen LogP contribution in [0.1, 0.15) is 36.1 Å². The van der Waals surface area contributed by atoms with E-state index in [9.17, 15) is 0 Å². The molecule has 0 saturated carbocycles. The lowest BCUT2D eigenvalue weighted by Crippen LogP contribution is -2.09. The van der Waals surface area contributed by atoms with Crippen LogP contribution in [0, 0.1) is 0 Å². The Bertz CT molecular complexity index is 803. The van der Waals surface area contributed by atoms with Gasteiger partial charge in [-0.1, -0.05) is 73.7 Å². The Morgan fingerprint density at radius 3 is 1.81 bits per heavy atom. The summed E-state index contributed by atoms with van der Waals surface area (Å²) in [5, 5.41) is 0. The van der Waals surface area contributed by atoms with Gasteiger partial charge in [0.15, 0.2) is 11.5 Å². The van der Waals surface area contributed by atoms with Crippen molar-refractivity contribution in [3.05, 3.63) is 95.6 Å². The van der Waals surface area contributed by atoms with Crippen molar-refractivity contribution in [3.63, 3.8) is 0 Å². The van der Waals surface area contributed by atoms with Crippen molar-refractivity contribution in [1.82, 2.24) is 0 Å². The van der Waals surface area contributed by atoms with Crippen LogP contribution in [0.2, 0.25) is 0 Å². The fourth-order valence-corrected chi connectivity index (χ4v) is 2.69. The van der Waals surface area contributed by atoms with Gasteiger partial charge in [-0.05, 0) is 35.2 Å². The topological polar surface area (TPSA) is 44.5 Å². The minimum absolute atomic E-state index is 0.00255. The Kier molecular flexibility index (Phi) is 6.29. The third-order valence-corrected chi connectivity index (χ3v) is 4.31. The maximum atomic E-state index is 6.19. The average Bonchev–Trinajstić information content (AvgIpc) is 2.72. The van der Waals surface area contributed by atoms with E-state index in [1.165, 1.54) is 0 Å². The van der Waals surface area contributed by atoms with Gasteiger partial charge in [0.2, 0.25) is 0 Å². The number of ether oxygens (including phenoxy) is 2. The Morgan fingerprint density at radius 1 is 0.731 bits per heavy atom. The zero-order chi connectivity index (χ0) is 18.2. The molecule has 0 amide bonds. The highest BCUT2D eigenvalue weighted by molar-refractivity contribution is 5.44. The second-order valence-electron chi connectivity index (χ2n) is 6.27. The summed E-state index contributed by atoms with van der Waals surface area (Å²) in [5.41, 5.74) is 9.49. The zero-order valence-electron chi connectivity index (χ0n) is 15.1. The van der Waals surface area contributed by atoms with Crippen LogP contribution in [0.5, 0.6) is 11.5 Å². The summed E-state index contributed by atoms with van der Waals surface area (Å²) in [6, 6.07) is 26.2. The van der Waals surface area contributed by atoms with Crippen molar-refractivity contribution in [2.75, 3.05) is 0 Å². The molecular weight excluding hydrogens is 322 g/mol. The van der Waals surface area contributed by atoms with Gasteiger partial charge in [-0.2, -0.15) is 0 Å². The molecule has 0 aromatic heterocycles. The van der Waals surface area contributed by atoms with Gasteiger partial charge in [0, 0.05) is 6.04 Å². The molecular formula is C23H25NO2. The number of rotatable bonds is 8. The SMILES string of the molecule is CCC(N)c1ccc(OCc2ccccc2)c(OCc2ccccc2)c1. The summed E-state index contributed by atoms with van der Waals surface area (Å²) in [6.45, 7) is 3.07. The predicted octanol–water partition coefficient (Wildman–Crippen LogP) is 5.25. The summed E-state index contributed by atoms with van der Waals surface area (Å²) >= 11 is 0. The Labute approximate surface area is 155 Å². The Hall–Kier alpha value is -2.78. The van der Waals surface area contributed by atoms with E-state index < -0.39 is 0 Å². The lowest BCUT2D eigenvalue weighted by molar-refractivity contribution is 0.255. The zero-order valence-corrected chi connectivity index (χ0v) is 15.1. The minimum atomic E-state index is -0.00255. The Balaban J connectivity index is 1.77. The molecule has 2 N–H and O–H groups in total. The first kappa shape index (κ1) is 18.0. The molecule has 3 heteroatoms. The molecule has 0 saturated heterocycles. The van der Waals surface area contributed by atoms with Crippen LogP contribution in [0.25, 0.3) is 0 Å². The van der Waals surface area contributed by atoms with Gasteiger partial charge in [-0.25, -0.2) is 0 Å². The molecule has 0 fully saturated rings. The van der Waals surface area contributed by atoms with Crippen LogP contribution in [0.4, 0.5) is 0 Å². The third-order valence-electron chi connectivity index (χ3n) is 4.31. The van der Waals surface area contributed by atoms with Crippen molar-refractivity contribution >= 4 is 0 Å². The normalized spacial score (nSPS) is 11.8. The molecule has 0 radical (unpaired) electrons. The lowest BCUT2D eigenvalue weighted by atomic mass is 10.0. The molecule has 0 aliphatic heterocycles. The molecule has 0 aliphatic carbocycles. The highest BCUT2D eigenvalue weighted by Gasteiger charge is 2.11. The first-order valence-corrected chi connectivity index (χ1v) is 8.99. The van der Waals surface area contributed by atoms with Crippen molar-refractivity contribution in [2.45, 2.75) is 32.6 Å². The number of hydrogen-bond acceptors (Lipinski definition) is 3. The van der Waals surface area contributed by atoms with Gasteiger partial charge in [0.1, 0.15) is 13.2 Å². The van der Waals surface area contributed by atoms with E-state index in [1.54, 1.807) is 0 Å². The molecule has 1 unspecified atom stereocenters. The van der Waals surface area contributed by atoms with E-state index in [0.29, 0.717) is 13.2 Å². The van der Waals surface area contributed by atoms with Gasteiger partial charge in [-0.3, -0.25) is 0 Å². The summed E-state index contributed by atoms with van der Waals surface area (Å²) in [5.74, 6) is 1.46. The second-order valence-corrected chi connectivity index (χ2v) is 6.27. The first-order chi connectivity index (χ1) is 12.8. The molecule has 3 aromatic rings. The second kappa shape index (κ2) is 9.07. The van der Waals surface area contributed by atoms with Gasteiger partial charge in [-0.15, -0.1) is 0 Å². The van der Waals surface area contributed by atoms with E-state index in [4.69, 9.17) is 15.2 Å². The van der Waals surface area contributed by atoms with E-state index in [-0.39, 0.29) is 6.04 Å². The van der Waals surface area contributed by atoms with Crippen LogP contribution in [0.15, 0.2) is 78.9 Å². The van der Waals surface area contributed by atoms with Crippen molar-refractivity contribution < 1.29 is 9.47 Å². The smallest absolute Gasteiger partial charge is 0.162 e. The molecule has 3 nitrogen and oxygen atoms in total. The molecule has 0 heterocycles. The van der Waals surface area contributed by atoms with Crippen LogP contribution < -0.4 is 15.2 Å². The summed E-state index contributed by atoms with van der Waals surface area (Å²) in [4.78, 5) is 0. The molecule has 0 bridgehead atoms. The predicted molar refractivity (Wildman–Crippen MR) is 105 cm³/mol. The molecule has 3 rings (SSSR count). The van der Waals surface area contributed by atoms with Crippen LogP contribution in [-0.4, -0.2) is 0 Å². The molecule has 1 atom stereocenters. The van der Waals surface area contributed by atoms with Crippen LogP contribution in [-0.2, 0) is 13.2 Å². The quantitative estimate of drug-likeness (QED) is 0.605. The molecule has 3 aromatic carbocycles. The van der Waals surface area contributed by atoms with Gasteiger partial charge < -0.3 is 15.2 Å². The number of hydrogen-bond donors (Lipinski definition) is 1. The molecule has 26 heavy (non-hydrogen) atoms. The van der Waals surface area contributed by atoms with Gasteiger partial charge >= 0.3 is 0 Å². The van der Waals surface area contributed by atoms with Crippen molar-refractivity contribution in [3.8, 4) is 11.5 Å². The Morgan fingerprint density at radius 2 is 1.27 bits per heavy atom. The van der Waals surface area contributed by atoms with Crippen LogP contribution >= 0.6 is 0 Å². The summed E-state index contributed by atoms with van der Waals surface area (Å²) in [6.07, 6.45) is 0.877. The largest absolute Gasteiger partial charge is 0.485 e. The van der Waals surface area contributed by atoms with Gasteiger partial charge in [0.25, 0.3) is 0 Å². The molecule has 134 valence electrons. The fraction of sp³-hybridized carbons (Fsp3) is 0.217. The average molecular weight is 347 g/mol. The van der Waals surface area contributed by atoms with Gasteiger partial charge in [0.05, 0.1) is 0 Å². The highest BCUT2D eigenvalue weighted by Crippen LogP contribution is 2.32. The standard InChI is InChI=1S/C23H25NO2/c1-2-21(24)20-13-14-22(25-16-18-9-5-3-6-10-18)23(15-20)26-17-19-11-7-4-8-12-19/h3-15,21H,2,16-17,24H2,1H3. The van der Waals surface area contributed by atoms with E-state index in [1.807, 2.05) is 78.9 Å². The highest BCUT2D eigenvalue weighted by atomic mass is 16.5. The maximum Gasteiger partial charge on any atom is 0.162 e. The van der Waals surface area contributed by atoms with Crippen molar-refractivity contribution in [1.29, 1.82) is 0 Å². The fourth-order valence-electron chi connectivity index (χ4n) is 2.69. The monoisotopic (exact) mass is 347 g/mol. The molecule has 0 spiro atoms. The van der Waals surface area contributed by atoms with Crippen molar-refractivity contribution in [2.24, 2.45) is 5.73 Å². The van der Waals surface area contributed by atoms with Crippen LogP contribution in [0.3, 0.4) is 0 Å². The number of benzene rings is 3. The van der Waals surface area contributed by atoms with E-state index >= 15 is 0 Å². The lowest BCUT2D eigenvalue weighted by Gasteiger charge is -2.16.